The van der Waals surface area contributed by atoms with Crippen LogP contribution in [0.3, 0.4) is 0 Å². The number of rotatable bonds is 10. The second kappa shape index (κ2) is 11.7. The predicted molar refractivity (Wildman–Crippen MR) is 140 cm³/mol. The van der Waals surface area contributed by atoms with Gasteiger partial charge in [0.1, 0.15) is 5.75 Å². The zero-order chi connectivity index (χ0) is 25.4. The molecule has 186 valence electrons. The summed E-state index contributed by atoms with van der Waals surface area (Å²) in [5.41, 5.74) is 3.41. The van der Waals surface area contributed by atoms with Crippen molar-refractivity contribution in [2.45, 2.75) is 39.0 Å². The Balaban J connectivity index is 1.37. The molecule has 2 aromatic heterocycles. The third-order valence-corrected chi connectivity index (χ3v) is 7.01. The summed E-state index contributed by atoms with van der Waals surface area (Å²) in [5.74, 6) is 0.897. The van der Waals surface area contributed by atoms with Gasteiger partial charge in [0.25, 0.3) is 0 Å². The number of pyridine rings is 1. The van der Waals surface area contributed by atoms with Gasteiger partial charge >= 0.3 is 6.09 Å². The number of hydrogen-bond donors (Lipinski definition) is 1. The number of tetrazole rings is 1. The quantitative estimate of drug-likeness (QED) is 0.240. The van der Waals surface area contributed by atoms with Crippen LogP contribution in [0, 0.1) is 0 Å². The van der Waals surface area contributed by atoms with E-state index < -0.39 is 14.2 Å². The minimum Gasteiger partial charge on any atom is -0.410 e. The first-order valence-electron chi connectivity index (χ1n) is 11.8. The molecule has 0 aliphatic heterocycles. The highest BCUT2D eigenvalue weighted by Crippen LogP contribution is 2.26. The van der Waals surface area contributed by atoms with Crippen molar-refractivity contribution in [2.75, 3.05) is 6.61 Å². The summed E-state index contributed by atoms with van der Waals surface area (Å²) in [4.78, 5) is 18.0. The lowest BCUT2D eigenvalue weighted by molar-refractivity contribution is 0.0674. The van der Waals surface area contributed by atoms with Crippen LogP contribution in [0.25, 0.3) is 22.5 Å². The molecule has 0 aliphatic carbocycles. The van der Waals surface area contributed by atoms with E-state index in [4.69, 9.17) is 9.47 Å². The zero-order valence-corrected chi connectivity index (χ0v) is 21.7. The predicted octanol–water partition coefficient (Wildman–Crippen LogP) is 5.00. The lowest BCUT2D eigenvalue weighted by Gasteiger charge is -2.14. The molecule has 0 radical (unpaired) electrons. The van der Waals surface area contributed by atoms with Gasteiger partial charge in [-0.05, 0) is 40.6 Å². The number of nitrogens with zero attached hydrogens (tertiary/aromatic N) is 5. The fraction of sp³-hybridized carbons (Fsp3) is 0.269. The zero-order valence-electron chi connectivity index (χ0n) is 20.7. The first-order chi connectivity index (χ1) is 17.4. The van der Waals surface area contributed by atoms with Gasteiger partial charge in [-0.3, -0.25) is 4.98 Å². The maximum Gasteiger partial charge on any atom is 0.412 e. The molecule has 0 bridgehead atoms. The highest BCUT2D eigenvalue weighted by molar-refractivity contribution is 6.76. The van der Waals surface area contributed by atoms with Crippen LogP contribution in [-0.2, 0) is 18.0 Å². The lowest BCUT2D eigenvalue weighted by atomic mass is 10.1. The van der Waals surface area contributed by atoms with Crippen LogP contribution in [0.2, 0.25) is 25.7 Å². The number of aromatic nitrogens is 5. The second-order valence-corrected chi connectivity index (χ2v) is 15.2. The van der Waals surface area contributed by atoms with E-state index >= 15 is 0 Å². The van der Waals surface area contributed by atoms with Gasteiger partial charge in [0.05, 0.1) is 0 Å². The van der Waals surface area contributed by atoms with Gasteiger partial charge in [0, 0.05) is 44.7 Å². The standard InChI is InChI=1S/C26H30N6O3Si/c1-36(2,3)13-12-34-19-32-30-25(29-31-32)23-14-22(17-27-18-23)21-10-7-11-24(15-21)35-26(33)28-16-20-8-5-4-6-9-20/h4-11,14-15,17-18H,12-13,16,19H2,1-3H3,(H,28,33). The summed E-state index contributed by atoms with van der Waals surface area (Å²) in [6.45, 7) is 8.27. The number of ether oxygens (including phenoxy) is 2. The van der Waals surface area contributed by atoms with Crippen molar-refractivity contribution < 1.29 is 14.3 Å². The van der Waals surface area contributed by atoms with Gasteiger partial charge in [0.2, 0.25) is 5.82 Å². The molecule has 10 heteroatoms. The summed E-state index contributed by atoms with van der Waals surface area (Å²) in [5, 5.41) is 15.4. The molecule has 9 nitrogen and oxygen atoms in total. The molecule has 0 fully saturated rings. The normalized spacial score (nSPS) is 11.3. The average molecular weight is 503 g/mol. The Labute approximate surface area is 211 Å². The highest BCUT2D eigenvalue weighted by atomic mass is 28.3. The summed E-state index contributed by atoms with van der Waals surface area (Å²) >= 11 is 0. The Hall–Kier alpha value is -3.89. The van der Waals surface area contributed by atoms with Crippen molar-refractivity contribution in [1.82, 2.24) is 30.5 Å². The summed E-state index contributed by atoms with van der Waals surface area (Å²) < 4.78 is 11.2. The summed E-state index contributed by atoms with van der Waals surface area (Å²) in [6.07, 6.45) is 2.91. The lowest BCUT2D eigenvalue weighted by Crippen LogP contribution is -2.26. The van der Waals surface area contributed by atoms with E-state index in [-0.39, 0.29) is 6.73 Å². The Morgan fingerprint density at radius 3 is 2.58 bits per heavy atom. The van der Waals surface area contributed by atoms with Gasteiger partial charge in [-0.15, -0.1) is 15.0 Å². The Kier molecular flexibility index (Phi) is 8.19. The fourth-order valence-corrected chi connectivity index (χ4v) is 4.07. The third-order valence-electron chi connectivity index (χ3n) is 5.31. The van der Waals surface area contributed by atoms with Crippen molar-refractivity contribution in [2.24, 2.45) is 0 Å². The number of nitrogens with one attached hydrogen (secondary N) is 1. The topological polar surface area (TPSA) is 104 Å². The van der Waals surface area contributed by atoms with Gasteiger partial charge in [-0.25, -0.2) is 4.79 Å². The van der Waals surface area contributed by atoms with Crippen LogP contribution in [0.5, 0.6) is 5.75 Å². The minimum absolute atomic E-state index is 0.260. The number of carbonyl (C=O) groups excluding carboxylic acids is 1. The van der Waals surface area contributed by atoms with Crippen molar-refractivity contribution >= 4 is 14.2 Å². The maximum absolute atomic E-state index is 12.2. The first kappa shape index (κ1) is 25.2. The molecule has 0 spiro atoms. The molecule has 4 rings (SSSR count). The van der Waals surface area contributed by atoms with Gasteiger partial charge in [0.15, 0.2) is 6.73 Å². The molecular formula is C26H30N6O3Si. The van der Waals surface area contributed by atoms with Crippen molar-refractivity contribution in [1.29, 1.82) is 0 Å². The number of hydrogen-bond acceptors (Lipinski definition) is 7. The molecular weight excluding hydrogens is 472 g/mol. The molecule has 0 saturated heterocycles. The molecule has 0 atom stereocenters. The SMILES string of the molecule is C[Si](C)(C)CCOCn1nnc(-c2cncc(-c3cccc(OC(=O)NCc4ccccc4)c3)c2)n1. The molecule has 2 aromatic carbocycles. The van der Waals surface area contributed by atoms with Crippen LogP contribution in [0.1, 0.15) is 5.56 Å². The molecule has 0 saturated carbocycles. The maximum atomic E-state index is 12.2. The van der Waals surface area contributed by atoms with Gasteiger partial charge in [-0.2, -0.15) is 0 Å². The van der Waals surface area contributed by atoms with Crippen molar-refractivity contribution in [3.05, 3.63) is 78.6 Å². The van der Waals surface area contributed by atoms with E-state index in [9.17, 15) is 4.79 Å². The van der Waals surface area contributed by atoms with E-state index in [1.807, 2.05) is 48.5 Å². The number of amides is 1. The highest BCUT2D eigenvalue weighted by Gasteiger charge is 2.13. The van der Waals surface area contributed by atoms with Crippen molar-refractivity contribution in [3.63, 3.8) is 0 Å². The van der Waals surface area contributed by atoms with Crippen LogP contribution >= 0.6 is 0 Å². The summed E-state index contributed by atoms with van der Waals surface area (Å²) in [7, 11) is -1.14. The molecule has 4 aromatic rings. The monoisotopic (exact) mass is 502 g/mol. The van der Waals surface area contributed by atoms with Crippen molar-refractivity contribution in [3.8, 4) is 28.3 Å². The fourth-order valence-electron chi connectivity index (χ4n) is 3.31. The average Bonchev–Trinajstić information content (AvgIpc) is 3.35. The third kappa shape index (κ3) is 7.55. The molecule has 1 N–H and O–H groups in total. The Bertz CT molecular complexity index is 1290. The number of carbonyl (C=O) groups is 1. The smallest absolute Gasteiger partial charge is 0.410 e. The van der Waals surface area contributed by atoms with Crippen LogP contribution in [-0.4, -0.2) is 46.0 Å². The second-order valence-electron chi connectivity index (χ2n) is 9.55. The largest absolute Gasteiger partial charge is 0.412 e. The summed E-state index contributed by atoms with van der Waals surface area (Å²) in [6, 6.07) is 19.9. The Morgan fingerprint density at radius 2 is 1.78 bits per heavy atom. The van der Waals surface area contributed by atoms with E-state index in [0.29, 0.717) is 24.7 Å². The van der Waals surface area contributed by atoms with E-state index in [1.54, 1.807) is 24.5 Å². The molecule has 36 heavy (non-hydrogen) atoms. The first-order valence-corrected chi connectivity index (χ1v) is 15.5. The van der Waals surface area contributed by atoms with Crippen LogP contribution in [0.4, 0.5) is 4.79 Å². The van der Waals surface area contributed by atoms with E-state index in [0.717, 1.165) is 28.3 Å². The van der Waals surface area contributed by atoms with Gasteiger partial charge in [-0.1, -0.05) is 62.1 Å². The molecule has 0 aliphatic rings. The minimum atomic E-state index is -1.14. The van der Waals surface area contributed by atoms with Crippen LogP contribution < -0.4 is 10.1 Å². The van der Waals surface area contributed by atoms with E-state index in [2.05, 4.69) is 45.4 Å². The van der Waals surface area contributed by atoms with E-state index in [1.165, 1.54) is 4.80 Å². The molecule has 1 amide bonds. The van der Waals surface area contributed by atoms with Crippen LogP contribution in [0.15, 0.2) is 73.1 Å². The number of benzene rings is 2. The van der Waals surface area contributed by atoms with Gasteiger partial charge < -0.3 is 14.8 Å². The Morgan fingerprint density at radius 1 is 0.972 bits per heavy atom. The molecule has 0 unspecified atom stereocenters. The molecule has 2 heterocycles.